The van der Waals surface area contributed by atoms with Crippen LogP contribution in [0.4, 0.5) is 5.82 Å². The van der Waals surface area contributed by atoms with Gasteiger partial charge in [-0.25, -0.2) is 9.97 Å². The Bertz CT molecular complexity index is 1040. The molecule has 0 fully saturated rings. The molecule has 0 saturated carbocycles. The quantitative estimate of drug-likeness (QED) is 0.729. The number of benzene rings is 1. The van der Waals surface area contributed by atoms with Gasteiger partial charge < -0.3 is 14.8 Å². The van der Waals surface area contributed by atoms with Crippen LogP contribution in [0, 0.1) is 6.92 Å². The maximum Gasteiger partial charge on any atom is 0.252 e. The molecule has 0 bridgehead atoms. The first-order valence-electron chi connectivity index (χ1n) is 8.38. The SMILES string of the molecule is Cc1nn(-c2ncccn2)c2c1[C@@H](c1ccc3c(c1)OCO3)SCC(=O)N2. The lowest BCUT2D eigenvalue weighted by atomic mass is 10.0. The molecule has 0 aliphatic carbocycles. The number of amides is 1. The van der Waals surface area contributed by atoms with Crippen LogP contribution < -0.4 is 14.8 Å². The summed E-state index contributed by atoms with van der Waals surface area (Å²) in [6.07, 6.45) is 3.29. The number of anilines is 1. The zero-order chi connectivity index (χ0) is 18.4. The molecule has 1 N–H and O–H groups in total. The molecule has 1 atom stereocenters. The van der Waals surface area contributed by atoms with Gasteiger partial charge in [-0.05, 0) is 30.7 Å². The van der Waals surface area contributed by atoms with Crippen LogP contribution >= 0.6 is 11.8 Å². The number of aromatic nitrogens is 4. The Morgan fingerprint density at radius 1 is 1.22 bits per heavy atom. The summed E-state index contributed by atoms with van der Waals surface area (Å²) >= 11 is 1.55. The van der Waals surface area contributed by atoms with E-state index in [9.17, 15) is 4.79 Å². The molecule has 2 aromatic heterocycles. The molecule has 1 aromatic carbocycles. The number of hydrogen-bond donors (Lipinski definition) is 1. The third-order valence-electron chi connectivity index (χ3n) is 4.45. The molecule has 0 unspecified atom stereocenters. The fourth-order valence-electron chi connectivity index (χ4n) is 3.27. The van der Waals surface area contributed by atoms with Gasteiger partial charge in [0.05, 0.1) is 16.7 Å². The van der Waals surface area contributed by atoms with E-state index in [1.807, 2.05) is 25.1 Å². The molecule has 8 nitrogen and oxygen atoms in total. The number of thioether (sulfide) groups is 1. The molecular weight excluding hydrogens is 366 g/mol. The van der Waals surface area contributed by atoms with E-state index in [-0.39, 0.29) is 18.0 Å². The predicted octanol–water partition coefficient (Wildman–Crippen LogP) is 2.47. The smallest absolute Gasteiger partial charge is 0.252 e. The highest BCUT2D eigenvalue weighted by Gasteiger charge is 2.32. The molecule has 4 heterocycles. The van der Waals surface area contributed by atoms with Crippen molar-refractivity contribution in [2.24, 2.45) is 0 Å². The molecule has 5 rings (SSSR count). The number of nitrogens with zero attached hydrogens (tertiary/aromatic N) is 4. The summed E-state index contributed by atoms with van der Waals surface area (Å²) in [5.74, 6) is 2.73. The largest absolute Gasteiger partial charge is 0.454 e. The maximum atomic E-state index is 12.3. The third kappa shape index (κ3) is 2.71. The Kier molecular flexibility index (Phi) is 3.75. The second-order valence-electron chi connectivity index (χ2n) is 6.16. The molecule has 9 heteroatoms. The number of hydrogen-bond acceptors (Lipinski definition) is 7. The lowest BCUT2D eigenvalue weighted by molar-refractivity contribution is -0.113. The maximum absolute atomic E-state index is 12.3. The lowest BCUT2D eigenvalue weighted by Gasteiger charge is -2.15. The van der Waals surface area contributed by atoms with Gasteiger partial charge in [-0.2, -0.15) is 9.78 Å². The van der Waals surface area contributed by atoms with Crippen LogP contribution in [0.5, 0.6) is 11.5 Å². The zero-order valence-electron chi connectivity index (χ0n) is 14.4. The standard InChI is InChI=1S/C18H15N5O3S/c1-10-15-16(11-3-4-12-13(7-11)26-9-25-12)27-8-14(24)21-17(15)23(22-10)18-19-5-2-6-20-18/h2-7,16H,8-9H2,1H3,(H,21,24)/t16-/m1/s1. The first-order chi connectivity index (χ1) is 13.2. The second kappa shape index (κ2) is 6.27. The average Bonchev–Trinajstić information content (AvgIpc) is 3.23. The van der Waals surface area contributed by atoms with Gasteiger partial charge >= 0.3 is 0 Å². The number of fused-ring (bicyclic) bond motifs is 2. The van der Waals surface area contributed by atoms with Gasteiger partial charge in [0.2, 0.25) is 12.7 Å². The van der Waals surface area contributed by atoms with Crippen LogP contribution in [-0.4, -0.2) is 38.2 Å². The third-order valence-corrected chi connectivity index (χ3v) is 5.72. The van der Waals surface area contributed by atoms with Gasteiger partial charge in [0, 0.05) is 18.0 Å². The number of carbonyl (C=O) groups is 1. The van der Waals surface area contributed by atoms with Crippen molar-refractivity contribution >= 4 is 23.5 Å². The van der Waals surface area contributed by atoms with Gasteiger partial charge in [0.1, 0.15) is 5.82 Å². The van der Waals surface area contributed by atoms with Crippen LogP contribution in [0.1, 0.15) is 22.1 Å². The van der Waals surface area contributed by atoms with Gasteiger partial charge in [-0.1, -0.05) is 6.07 Å². The van der Waals surface area contributed by atoms with E-state index in [0.29, 0.717) is 17.5 Å². The molecule has 0 saturated heterocycles. The van der Waals surface area contributed by atoms with Crippen LogP contribution in [0.15, 0.2) is 36.7 Å². The van der Waals surface area contributed by atoms with E-state index >= 15 is 0 Å². The molecule has 136 valence electrons. The van der Waals surface area contributed by atoms with Crippen molar-refractivity contribution in [3.8, 4) is 17.4 Å². The summed E-state index contributed by atoms with van der Waals surface area (Å²) in [5.41, 5.74) is 2.78. The Balaban J connectivity index is 1.66. The summed E-state index contributed by atoms with van der Waals surface area (Å²) in [4.78, 5) is 20.9. The van der Waals surface area contributed by atoms with Crippen molar-refractivity contribution < 1.29 is 14.3 Å². The molecule has 2 aliphatic heterocycles. The normalized spacial score (nSPS) is 18.0. The van der Waals surface area contributed by atoms with Crippen molar-refractivity contribution in [2.75, 3.05) is 17.9 Å². The fourth-order valence-corrected chi connectivity index (χ4v) is 4.45. The van der Waals surface area contributed by atoms with Crippen molar-refractivity contribution in [1.29, 1.82) is 0 Å². The molecule has 0 spiro atoms. The van der Waals surface area contributed by atoms with Crippen molar-refractivity contribution in [3.63, 3.8) is 0 Å². The van der Waals surface area contributed by atoms with Crippen molar-refractivity contribution in [1.82, 2.24) is 19.7 Å². The van der Waals surface area contributed by atoms with E-state index in [1.54, 1.807) is 34.9 Å². The highest BCUT2D eigenvalue weighted by molar-refractivity contribution is 8.00. The highest BCUT2D eigenvalue weighted by Crippen LogP contribution is 2.46. The summed E-state index contributed by atoms with van der Waals surface area (Å²) in [6.45, 7) is 2.15. The van der Waals surface area contributed by atoms with Crippen LogP contribution in [0.2, 0.25) is 0 Å². The van der Waals surface area contributed by atoms with Gasteiger partial charge in [-0.15, -0.1) is 11.8 Å². The Morgan fingerprint density at radius 2 is 2.04 bits per heavy atom. The van der Waals surface area contributed by atoms with E-state index in [2.05, 4.69) is 20.4 Å². The van der Waals surface area contributed by atoms with Gasteiger partial charge in [-0.3, -0.25) is 4.79 Å². The number of aryl methyl sites for hydroxylation is 1. The molecule has 0 radical (unpaired) electrons. The fraction of sp³-hybridized carbons (Fsp3) is 0.222. The summed E-state index contributed by atoms with van der Waals surface area (Å²) in [6, 6.07) is 7.61. The van der Waals surface area contributed by atoms with Gasteiger partial charge in [0.15, 0.2) is 11.5 Å². The number of carbonyl (C=O) groups excluding carboxylic acids is 1. The molecular formula is C18H15N5O3S. The second-order valence-corrected chi connectivity index (χ2v) is 7.25. The van der Waals surface area contributed by atoms with E-state index in [0.717, 1.165) is 28.3 Å². The van der Waals surface area contributed by atoms with Crippen molar-refractivity contribution in [2.45, 2.75) is 12.2 Å². The first-order valence-corrected chi connectivity index (χ1v) is 9.43. The molecule has 2 aliphatic rings. The summed E-state index contributed by atoms with van der Waals surface area (Å²) < 4.78 is 12.5. The number of rotatable bonds is 2. The van der Waals surface area contributed by atoms with Crippen LogP contribution in [0.25, 0.3) is 5.95 Å². The first kappa shape index (κ1) is 16.1. The number of ether oxygens (including phenoxy) is 2. The summed E-state index contributed by atoms with van der Waals surface area (Å²) in [7, 11) is 0. The van der Waals surface area contributed by atoms with E-state index < -0.39 is 0 Å². The Labute approximate surface area is 158 Å². The average molecular weight is 381 g/mol. The van der Waals surface area contributed by atoms with Crippen LogP contribution in [-0.2, 0) is 4.79 Å². The van der Waals surface area contributed by atoms with Crippen molar-refractivity contribution in [3.05, 3.63) is 53.5 Å². The summed E-state index contributed by atoms with van der Waals surface area (Å²) in [5, 5.41) is 7.48. The Hall–Kier alpha value is -3.07. The monoisotopic (exact) mass is 381 g/mol. The predicted molar refractivity (Wildman–Crippen MR) is 99.4 cm³/mol. The molecule has 27 heavy (non-hydrogen) atoms. The van der Waals surface area contributed by atoms with Gasteiger partial charge in [0.25, 0.3) is 5.95 Å². The lowest BCUT2D eigenvalue weighted by Crippen LogP contribution is -2.16. The van der Waals surface area contributed by atoms with E-state index in [4.69, 9.17) is 9.47 Å². The minimum Gasteiger partial charge on any atom is -0.454 e. The van der Waals surface area contributed by atoms with Crippen LogP contribution in [0.3, 0.4) is 0 Å². The van der Waals surface area contributed by atoms with E-state index in [1.165, 1.54) is 0 Å². The Morgan fingerprint density at radius 3 is 2.89 bits per heavy atom. The minimum absolute atomic E-state index is 0.0779. The topological polar surface area (TPSA) is 91.2 Å². The molecule has 3 aromatic rings. The zero-order valence-corrected chi connectivity index (χ0v) is 15.2. The highest BCUT2D eigenvalue weighted by atomic mass is 32.2. The number of nitrogens with one attached hydrogen (secondary N) is 1. The molecule has 1 amide bonds. The minimum atomic E-state index is -0.0819.